The fourth-order valence-electron chi connectivity index (χ4n) is 1.71. The number of carbonyl (C=O) groups excluding carboxylic acids is 1. The summed E-state index contributed by atoms with van der Waals surface area (Å²) in [6.07, 6.45) is 0. The zero-order valence-corrected chi connectivity index (χ0v) is 14.0. The average Bonchev–Trinajstić information content (AvgIpc) is 2.37. The van der Waals surface area contributed by atoms with Crippen molar-refractivity contribution in [1.29, 1.82) is 0 Å². The predicted molar refractivity (Wildman–Crippen MR) is 85.0 cm³/mol. The lowest BCUT2D eigenvalue weighted by molar-refractivity contribution is -0.385. The van der Waals surface area contributed by atoms with Crippen LogP contribution in [0.3, 0.4) is 0 Å². The van der Waals surface area contributed by atoms with Gasteiger partial charge in [-0.2, -0.15) is 0 Å². The Kier molecular flexibility index (Phi) is 4.74. The van der Waals surface area contributed by atoms with E-state index in [9.17, 15) is 14.9 Å². The summed E-state index contributed by atoms with van der Waals surface area (Å²) >= 11 is 6.50. The third-order valence-corrected chi connectivity index (χ3v) is 3.57. The van der Waals surface area contributed by atoms with Crippen molar-refractivity contribution in [2.45, 2.75) is 6.92 Å². The molecule has 2 rings (SSSR count). The van der Waals surface area contributed by atoms with E-state index < -0.39 is 4.92 Å². The van der Waals surface area contributed by atoms with Crippen LogP contribution in [0.1, 0.15) is 17.3 Å². The predicted octanol–water partition coefficient (Wildman–Crippen LogP) is 5.11. The number of nitrogens with zero attached hydrogens (tertiary/aromatic N) is 1. The van der Waals surface area contributed by atoms with Gasteiger partial charge in [-0.05, 0) is 31.2 Å². The van der Waals surface area contributed by atoms with Crippen molar-refractivity contribution < 1.29 is 14.5 Å². The smallest absolute Gasteiger partial charge is 0.274 e. The number of rotatable bonds is 4. The zero-order chi connectivity index (χ0) is 15.6. The van der Waals surface area contributed by atoms with E-state index in [0.717, 1.165) is 4.47 Å². The van der Waals surface area contributed by atoms with Crippen LogP contribution in [-0.4, -0.2) is 10.7 Å². The summed E-state index contributed by atoms with van der Waals surface area (Å²) in [5.74, 6) is 0.461. The molecule has 5 nitrogen and oxygen atoms in total. The van der Waals surface area contributed by atoms with E-state index in [4.69, 9.17) is 4.74 Å². The van der Waals surface area contributed by atoms with Crippen LogP contribution in [0.25, 0.3) is 0 Å². The molecule has 0 amide bonds. The van der Waals surface area contributed by atoms with Gasteiger partial charge in [0.25, 0.3) is 5.69 Å². The van der Waals surface area contributed by atoms with Crippen LogP contribution < -0.4 is 4.74 Å². The molecule has 7 heteroatoms. The Hall–Kier alpha value is -1.73. The van der Waals surface area contributed by atoms with E-state index in [1.54, 1.807) is 24.3 Å². The molecule has 0 unspecified atom stereocenters. The Morgan fingerprint density at radius 2 is 1.86 bits per heavy atom. The minimum Gasteiger partial charge on any atom is -0.456 e. The monoisotopic (exact) mass is 413 g/mol. The second-order valence-corrected chi connectivity index (χ2v) is 6.03. The first-order valence-electron chi connectivity index (χ1n) is 5.80. The number of carbonyl (C=O) groups is 1. The van der Waals surface area contributed by atoms with E-state index in [2.05, 4.69) is 31.9 Å². The number of nitro benzene ring substituents is 1. The van der Waals surface area contributed by atoms with Gasteiger partial charge >= 0.3 is 0 Å². The van der Waals surface area contributed by atoms with Gasteiger partial charge in [-0.1, -0.05) is 31.9 Å². The minimum absolute atomic E-state index is 0.0984. The van der Waals surface area contributed by atoms with Crippen LogP contribution in [0.4, 0.5) is 5.69 Å². The van der Waals surface area contributed by atoms with Gasteiger partial charge in [0.2, 0.25) is 0 Å². The Bertz CT molecular complexity index is 731. The number of ketones is 1. The van der Waals surface area contributed by atoms with Crippen LogP contribution >= 0.6 is 31.9 Å². The highest BCUT2D eigenvalue weighted by Crippen LogP contribution is 2.33. The fourth-order valence-corrected chi connectivity index (χ4v) is 2.51. The number of nitro groups is 1. The molecular formula is C14H9Br2NO4. The van der Waals surface area contributed by atoms with Crippen molar-refractivity contribution in [2.24, 2.45) is 0 Å². The number of hydrogen-bond acceptors (Lipinski definition) is 4. The number of benzene rings is 2. The van der Waals surface area contributed by atoms with Crippen LogP contribution in [0.2, 0.25) is 0 Å². The molecule has 0 aliphatic heterocycles. The molecule has 2 aromatic rings. The van der Waals surface area contributed by atoms with Crippen molar-refractivity contribution in [3.05, 3.63) is 61.0 Å². The van der Waals surface area contributed by atoms with E-state index in [0.29, 0.717) is 15.8 Å². The summed E-state index contributed by atoms with van der Waals surface area (Å²) in [5, 5.41) is 10.9. The molecule has 0 radical (unpaired) electrons. The summed E-state index contributed by atoms with van der Waals surface area (Å²) in [7, 11) is 0. The van der Waals surface area contributed by atoms with E-state index in [-0.39, 0.29) is 17.2 Å². The van der Waals surface area contributed by atoms with Gasteiger partial charge in [-0.15, -0.1) is 0 Å². The van der Waals surface area contributed by atoms with Crippen LogP contribution in [0, 0.1) is 10.1 Å². The first-order valence-corrected chi connectivity index (χ1v) is 7.39. The number of halogens is 2. The highest BCUT2D eigenvalue weighted by molar-refractivity contribution is 9.10. The standard InChI is InChI=1S/C14H9Br2NO4/c1-8(18)13-3-2-9(15)6-14(13)21-12-5-10(16)4-11(7-12)17(19)20/h2-7H,1H3. The zero-order valence-electron chi connectivity index (χ0n) is 10.8. The quantitative estimate of drug-likeness (QED) is 0.395. The Morgan fingerprint density at radius 1 is 1.14 bits per heavy atom. The fraction of sp³-hybridized carbons (Fsp3) is 0.0714. The topological polar surface area (TPSA) is 69.4 Å². The molecule has 0 fully saturated rings. The summed E-state index contributed by atoms with van der Waals surface area (Å²) in [6.45, 7) is 1.43. The second kappa shape index (κ2) is 6.36. The number of non-ortho nitro benzene ring substituents is 1. The van der Waals surface area contributed by atoms with Gasteiger partial charge in [0.15, 0.2) is 5.78 Å². The molecule has 0 bridgehead atoms. The molecule has 0 spiro atoms. The van der Waals surface area contributed by atoms with Gasteiger partial charge in [0, 0.05) is 15.0 Å². The third-order valence-electron chi connectivity index (χ3n) is 2.62. The first-order chi connectivity index (χ1) is 9.86. The molecule has 0 N–H and O–H groups in total. The molecule has 0 aromatic heterocycles. The molecule has 0 heterocycles. The van der Waals surface area contributed by atoms with Crippen LogP contribution in [-0.2, 0) is 0 Å². The summed E-state index contributed by atoms with van der Waals surface area (Å²) in [6, 6.07) is 9.28. The van der Waals surface area contributed by atoms with E-state index in [1.165, 1.54) is 19.1 Å². The molecular weight excluding hydrogens is 406 g/mol. The first kappa shape index (κ1) is 15.7. The maximum absolute atomic E-state index is 11.6. The largest absolute Gasteiger partial charge is 0.456 e. The second-order valence-electron chi connectivity index (χ2n) is 4.20. The van der Waals surface area contributed by atoms with E-state index in [1.807, 2.05) is 0 Å². The number of ether oxygens (including phenoxy) is 1. The summed E-state index contributed by atoms with van der Waals surface area (Å²) < 4.78 is 6.90. The van der Waals surface area contributed by atoms with Crippen molar-refractivity contribution in [3.8, 4) is 11.5 Å². The van der Waals surface area contributed by atoms with Crippen molar-refractivity contribution >= 4 is 43.3 Å². The van der Waals surface area contributed by atoms with Crippen molar-refractivity contribution in [2.75, 3.05) is 0 Å². The Labute approximate surface area is 137 Å². The van der Waals surface area contributed by atoms with Gasteiger partial charge < -0.3 is 4.74 Å². The molecule has 108 valence electrons. The molecule has 21 heavy (non-hydrogen) atoms. The molecule has 0 saturated heterocycles. The van der Waals surface area contributed by atoms with E-state index >= 15 is 0 Å². The molecule has 0 aliphatic carbocycles. The normalized spacial score (nSPS) is 10.2. The minimum atomic E-state index is -0.510. The Morgan fingerprint density at radius 3 is 2.48 bits per heavy atom. The highest BCUT2D eigenvalue weighted by atomic mass is 79.9. The van der Waals surface area contributed by atoms with Crippen LogP contribution in [0.15, 0.2) is 45.3 Å². The van der Waals surface area contributed by atoms with Crippen LogP contribution in [0.5, 0.6) is 11.5 Å². The number of hydrogen-bond donors (Lipinski definition) is 0. The van der Waals surface area contributed by atoms with Gasteiger partial charge in [-0.3, -0.25) is 14.9 Å². The maximum atomic E-state index is 11.6. The molecule has 0 saturated carbocycles. The molecule has 2 aromatic carbocycles. The highest BCUT2D eigenvalue weighted by Gasteiger charge is 2.14. The lowest BCUT2D eigenvalue weighted by Crippen LogP contribution is -1.97. The van der Waals surface area contributed by atoms with Gasteiger partial charge in [0.1, 0.15) is 11.5 Å². The third kappa shape index (κ3) is 3.89. The number of Topliss-reactive ketones (excluding diaryl/α,β-unsaturated/α-hetero) is 1. The SMILES string of the molecule is CC(=O)c1ccc(Br)cc1Oc1cc(Br)cc([N+](=O)[O-])c1. The Balaban J connectivity index is 2.45. The average molecular weight is 415 g/mol. The van der Waals surface area contributed by atoms with Crippen molar-refractivity contribution in [1.82, 2.24) is 0 Å². The molecule has 0 atom stereocenters. The lowest BCUT2D eigenvalue weighted by atomic mass is 10.1. The maximum Gasteiger partial charge on any atom is 0.274 e. The van der Waals surface area contributed by atoms with Crippen molar-refractivity contribution in [3.63, 3.8) is 0 Å². The van der Waals surface area contributed by atoms with Gasteiger partial charge in [0.05, 0.1) is 16.6 Å². The summed E-state index contributed by atoms with van der Waals surface area (Å²) in [4.78, 5) is 21.9. The lowest BCUT2D eigenvalue weighted by Gasteiger charge is -2.10. The molecule has 0 aliphatic rings. The van der Waals surface area contributed by atoms with Gasteiger partial charge in [-0.25, -0.2) is 0 Å². The summed E-state index contributed by atoms with van der Waals surface area (Å²) in [5.41, 5.74) is 0.305.